The van der Waals surface area contributed by atoms with Crippen molar-refractivity contribution in [2.45, 2.75) is 25.3 Å². The first-order valence-corrected chi connectivity index (χ1v) is 6.37. The first-order chi connectivity index (χ1) is 6.52. The van der Waals surface area contributed by atoms with Crippen LogP contribution >= 0.6 is 0 Å². The fourth-order valence-electron chi connectivity index (χ4n) is 1.01. The molecule has 0 unspecified atom stereocenters. The summed E-state index contributed by atoms with van der Waals surface area (Å²) in [6, 6.07) is 0.695. The third-order valence-corrected chi connectivity index (χ3v) is 3.66. The Balaban J connectivity index is 2.02. The van der Waals surface area contributed by atoms with Crippen LogP contribution in [0.15, 0.2) is 0 Å². The highest BCUT2D eigenvalue weighted by Gasteiger charge is 2.19. The van der Waals surface area contributed by atoms with Crippen LogP contribution in [0.5, 0.6) is 0 Å². The lowest BCUT2D eigenvalue weighted by Crippen LogP contribution is -2.37. The Kier molecular flexibility index (Phi) is 4.31. The largest absolute Gasteiger partial charge is 0.314 e. The molecule has 1 fully saturated rings. The third-order valence-electron chi connectivity index (χ3n) is 2.13. The predicted octanol–water partition coefficient (Wildman–Crippen LogP) is -0.475. The fourth-order valence-corrected chi connectivity index (χ4v) is 1.67. The lowest BCUT2D eigenvalue weighted by molar-refractivity contribution is 0.502. The van der Waals surface area contributed by atoms with Crippen LogP contribution in [-0.4, -0.2) is 45.9 Å². The number of rotatable bonds is 7. The average molecular weight is 221 g/mol. The second-order valence-corrected chi connectivity index (χ2v) is 5.73. The highest BCUT2D eigenvalue weighted by Crippen LogP contribution is 2.18. The zero-order valence-electron chi connectivity index (χ0n) is 8.78. The van der Waals surface area contributed by atoms with Crippen LogP contribution in [0.3, 0.4) is 0 Å². The molecule has 6 heteroatoms. The molecular formula is C8H19N3O2S. The third kappa shape index (κ3) is 4.36. The fraction of sp³-hybridized carbons (Fsp3) is 1.00. The Morgan fingerprint density at radius 1 is 1.29 bits per heavy atom. The quantitative estimate of drug-likeness (QED) is 0.571. The van der Waals surface area contributed by atoms with Crippen LogP contribution in [0, 0.1) is 0 Å². The van der Waals surface area contributed by atoms with Crippen molar-refractivity contribution in [2.24, 2.45) is 0 Å². The zero-order valence-corrected chi connectivity index (χ0v) is 9.60. The van der Waals surface area contributed by atoms with Gasteiger partial charge >= 0.3 is 0 Å². The molecule has 1 aliphatic carbocycles. The lowest BCUT2D eigenvalue weighted by Gasteiger charge is -2.12. The van der Waals surface area contributed by atoms with Crippen molar-refractivity contribution in [3.05, 3.63) is 0 Å². The smallest absolute Gasteiger partial charge is 0.278 e. The van der Waals surface area contributed by atoms with Crippen LogP contribution in [0.1, 0.15) is 19.3 Å². The van der Waals surface area contributed by atoms with Gasteiger partial charge in [0.05, 0.1) is 0 Å². The molecule has 84 valence electrons. The maximum absolute atomic E-state index is 11.2. The maximum Gasteiger partial charge on any atom is 0.278 e. The van der Waals surface area contributed by atoms with E-state index in [0.717, 1.165) is 13.0 Å². The molecule has 0 radical (unpaired) electrons. The second-order valence-electron chi connectivity index (χ2n) is 3.76. The van der Waals surface area contributed by atoms with Crippen molar-refractivity contribution in [3.8, 4) is 0 Å². The summed E-state index contributed by atoms with van der Waals surface area (Å²) in [4.78, 5) is 0. The highest BCUT2D eigenvalue weighted by atomic mass is 32.2. The van der Waals surface area contributed by atoms with Gasteiger partial charge in [0, 0.05) is 26.7 Å². The van der Waals surface area contributed by atoms with Gasteiger partial charge in [-0.1, -0.05) is 0 Å². The van der Waals surface area contributed by atoms with Gasteiger partial charge in [-0.2, -0.15) is 12.7 Å². The van der Waals surface area contributed by atoms with E-state index in [1.54, 1.807) is 0 Å². The van der Waals surface area contributed by atoms with Gasteiger partial charge in [-0.05, 0) is 25.8 Å². The van der Waals surface area contributed by atoms with Gasteiger partial charge in [0.15, 0.2) is 0 Å². The molecule has 0 aromatic heterocycles. The lowest BCUT2D eigenvalue weighted by atomic mass is 10.4. The number of hydrogen-bond donors (Lipinski definition) is 2. The molecule has 0 amide bonds. The number of nitrogens with one attached hydrogen (secondary N) is 2. The maximum atomic E-state index is 11.2. The Bertz CT molecular complexity index is 260. The van der Waals surface area contributed by atoms with Gasteiger partial charge in [-0.15, -0.1) is 0 Å². The summed E-state index contributed by atoms with van der Waals surface area (Å²) in [5.41, 5.74) is 0. The Morgan fingerprint density at radius 3 is 2.43 bits per heavy atom. The van der Waals surface area contributed by atoms with Crippen molar-refractivity contribution >= 4 is 10.2 Å². The molecule has 0 aliphatic heterocycles. The van der Waals surface area contributed by atoms with Crippen molar-refractivity contribution in [2.75, 3.05) is 27.2 Å². The molecule has 1 saturated carbocycles. The molecule has 0 atom stereocenters. The second kappa shape index (κ2) is 5.06. The van der Waals surface area contributed by atoms with Crippen molar-refractivity contribution in [1.82, 2.24) is 14.3 Å². The van der Waals surface area contributed by atoms with Crippen LogP contribution in [0.25, 0.3) is 0 Å². The number of nitrogens with zero attached hydrogens (tertiary/aromatic N) is 1. The summed E-state index contributed by atoms with van der Waals surface area (Å²) in [5, 5.41) is 3.32. The Labute approximate surface area is 86.0 Å². The van der Waals surface area contributed by atoms with E-state index in [1.165, 1.54) is 31.2 Å². The molecule has 0 saturated heterocycles. The molecule has 0 bridgehead atoms. The van der Waals surface area contributed by atoms with Crippen molar-refractivity contribution < 1.29 is 8.42 Å². The Hall–Kier alpha value is -0.170. The molecule has 1 aliphatic rings. The van der Waals surface area contributed by atoms with E-state index in [2.05, 4.69) is 10.0 Å². The van der Waals surface area contributed by atoms with E-state index in [9.17, 15) is 8.42 Å². The SMILES string of the molecule is CN(C)S(=O)(=O)NCCCNC1CC1. The Morgan fingerprint density at radius 2 is 1.93 bits per heavy atom. The zero-order chi connectivity index (χ0) is 10.6. The molecule has 1 rings (SSSR count). The van der Waals surface area contributed by atoms with E-state index in [4.69, 9.17) is 0 Å². The minimum Gasteiger partial charge on any atom is -0.314 e. The molecular weight excluding hydrogens is 202 g/mol. The van der Waals surface area contributed by atoms with E-state index in [0.29, 0.717) is 12.6 Å². The average Bonchev–Trinajstić information content (AvgIpc) is 2.87. The first kappa shape index (κ1) is 11.9. The molecule has 2 N–H and O–H groups in total. The molecule has 0 aromatic rings. The van der Waals surface area contributed by atoms with Gasteiger partial charge in [0.25, 0.3) is 10.2 Å². The first-order valence-electron chi connectivity index (χ1n) is 4.93. The predicted molar refractivity (Wildman–Crippen MR) is 56.3 cm³/mol. The van der Waals surface area contributed by atoms with Crippen molar-refractivity contribution in [3.63, 3.8) is 0 Å². The summed E-state index contributed by atoms with van der Waals surface area (Å²) in [5.74, 6) is 0. The monoisotopic (exact) mass is 221 g/mol. The summed E-state index contributed by atoms with van der Waals surface area (Å²) >= 11 is 0. The summed E-state index contributed by atoms with van der Waals surface area (Å²) in [6.45, 7) is 1.39. The van der Waals surface area contributed by atoms with E-state index in [-0.39, 0.29) is 0 Å². The molecule has 14 heavy (non-hydrogen) atoms. The molecule has 0 spiro atoms. The molecule has 0 aromatic carbocycles. The van der Waals surface area contributed by atoms with Gasteiger partial charge in [0.1, 0.15) is 0 Å². The summed E-state index contributed by atoms with van der Waals surface area (Å²) in [7, 11) is -0.190. The van der Waals surface area contributed by atoms with Crippen LogP contribution < -0.4 is 10.0 Å². The van der Waals surface area contributed by atoms with Gasteiger partial charge in [-0.25, -0.2) is 4.72 Å². The van der Waals surface area contributed by atoms with Gasteiger partial charge < -0.3 is 5.32 Å². The standard InChI is InChI=1S/C8H19N3O2S/c1-11(2)14(12,13)10-7-3-6-9-8-4-5-8/h8-10H,3-7H2,1-2H3. The van der Waals surface area contributed by atoms with Crippen molar-refractivity contribution in [1.29, 1.82) is 0 Å². The minimum absolute atomic E-state index is 0.500. The molecule has 0 heterocycles. The normalized spacial score (nSPS) is 17.6. The minimum atomic E-state index is -3.23. The summed E-state index contributed by atoms with van der Waals surface area (Å²) in [6.07, 6.45) is 3.37. The van der Waals surface area contributed by atoms with E-state index < -0.39 is 10.2 Å². The van der Waals surface area contributed by atoms with Crippen LogP contribution in [0.2, 0.25) is 0 Å². The summed E-state index contributed by atoms with van der Waals surface area (Å²) < 4.78 is 26.2. The van der Waals surface area contributed by atoms with E-state index in [1.807, 2.05) is 0 Å². The molecule has 5 nitrogen and oxygen atoms in total. The topological polar surface area (TPSA) is 61.4 Å². The highest BCUT2D eigenvalue weighted by molar-refractivity contribution is 7.87. The van der Waals surface area contributed by atoms with E-state index >= 15 is 0 Å². The number of hydrogen-bond acceptors (Lipinski definition) is 3. The van der Waals surface area contributed by atoms with Crippen LogP contribution in [0.4, 0.5) is 0 Å². The van der Waals surface area contributed by atoms with Gasteiger partial charge in [-0.3, -0.25) is 0 Å². The van der Waals surface area contributed by atoms with Crippen LogP contribution in [-0.2, 0) is 10.2 Å². The van der Waals surface area contributed by atoms with Gasteiger partial charge in [0.2, 0.25) is 0 Å².